The molecule has 0 spiro atoms. The van der Waals surface area contributed by atoms with E-state index < -0.39 is 11.8 Å². The van der Waals surface area contributed by atoms with Crippen LogP contribution < -0.4 is 0 Å². The Kier molecular flexibility index (Phi) is 4.43. The van der Waals surface area contributed by atoms with E-state index in [1.807, 2.05) is 0 Å². The van der Waals surface area contributed by atoms with Crippen molar-refractivity contribution in [2.45, 2.75) is 0 Å². The molecule has 0 aliphatic heterocycles. The van der Waals surface area contributed by atoms with Crippen LogP contribution in [-0.4, -0.2) is 11.8 Å². The van der Waals surface area contributed by atoms with E-state index in [0.29, 0.717) is 12.2 Å². The summed E-state index contributed by atoms with van der Waals surface area (Å²) in [6.45, 7) is 0. The van der Waals surface area contributed by atoms with Gasteiger partial charge in [0.2, 0.25) is 11.8 Å². The molecule has 0 fully saturated rings. The molecule has 0 saturated carbocycles. The minimum absolute atomic E-state index is 0.705. The Labute approximate surface area is 65.7 Å². The third-order valence-electron chi connectivity index (χ3n) is 0.655. The van der Waals surface area contributed by atoms with Gasteiger partial charge in [0.15, 0.2) is 0 Å². The number of carbonyl (C=O) groups is 2. The lowest BCUT2D eigenvalue weighted by atomic mass is 10.5. The van der Waals surface area contributed by atoms with Crippen LogP contribution >= 0.6 is 0 Å². The van der Waals surface area contributed by atoms with Crippen molar-refractivity contribution in [1.29, 1.82) is 0 Å². The molecule has 8 nitrogen and oxygen atoms in total. The normalized spacial score (nSPS) is 8.33. The van der Waals surface area contributed by atoms with Crippen molar-refractivity contribution in [3.8, 4) is 0 Å². The summed E-state index contributed by atoms with van der Waals surface area (Å²) in [6.07, 6.45) is 1.41. The molecule has 0 aliphatic rings. The first kappa shape index (κ1) is 9.70. The van der Waals surface area contributed by atoms with Crippen LogP contribution in [0.1, 0.15) is 0 Å². The second-order valence-electron chi connectivity index (χ2n) is 1.39. The van der Waals surface area contributed by atoms with Crippen molar-refractivity contribution < 1.29 is 9.59 Å². The third-order valence-corrected chi connectivity index (χ3v) is 0.655. The zero-order valence-electron chi connectivity index (χ0n) is 5.65. The molecule has 0 radical (unpaired) electrons. The van der Waals surface area contributed by atoms with Crippen molar-refractivity contribution in [2.24, 2.45) is 10.2 Å². The Hall–Kier alpha value is -2.30. The molecule has 0 aromatic carbocycles. The van der Waals surface area contributed by atoms with Gasteiger partial charge in [-0.2, -0.15) is 0 Å². The first-order valence-corrected chi connectivity index (χ1v) is 2.57. The zero-order valence-corrected chi connectivity index (χ0v) is 5.65. The second kappa shape index (κ2) is 5.48. The van der Waals surface area contributed by atoms with Gasteiger partial charge >= 0.3 is 0 Å². The summed E-state index contributed by atoms with van der Waals surface area (Å²) in [5, 5.41) is 5.25. The van der Waals surface area contributed by atoms with Gasteiger partial charge in [0, 0.05) is 9.82 Å². The molecule has 0 bridgehead atoms. The first-order valence-electron chi connectivity index (χ1n) is 2.57. The molecule has 8 heteroatoms. The van der Waals surface area contributed by atoms with Crippen molar-refractivity contribution in [3.63, 3.8) is 0 Å². The number of azide groups is 2. The zero-order chi connectivity index (χ0) is 9.40. The average Bonchev–Trinajstić information content (AvgIpc) is 2.02. The lowest BCUT2D eigenvalue weighted by Crippen LogP contribution is -1.88. The van der Waals surface area contributed by atoms with Crippen LogP contribution in [0.5, 0.6) is 0 Å². The van der Waals surface area contributed by atoms with Crippen LogP contribution in [-0.2, 0) is 9.59 Å². The summed E-state index contributed by atoms with van der Waals surface area (Å²) in [7, 11) is 0. The maximum atomic E-state index is 10.4. The Morgan fingerprint density at radius 2 is 1.33 bits per heavy atom. The fourth-order valence-corrected chi connectivity index (χ4v) is 0.297. The fourth-order valence-electron chi connectivity index (χ4n) is 0.297. The Morgan fingerprint density at radius 1 is 1.00 bits per heavy atom. The third kappa shape index (κ3) is 4.57. The number of rotatable bonds is 2. The molecule has 0 N–H and O–H groups in total. The van der Waals surface area contributed by atoms with E-state index in [4.69, 9.17) is 11.1 Å². The fraction of sp³-hybridized carbons (Fsp3) is 0. The van der Waals surface area contributed by atoms with E-state index in [1.165, 1.54) is 0 Å². The maximum Gasteiger partial charge on any atom is 0.242 e. The molecule has 0 aromatic rings. The van der Waals surface area contributed by atoms with Crippen molar-refractivity contribution in [3.05, 3.63) is 33.0 Å². The molecule has 0 heterocycles. The van der Waals surface area contributed by atoms with Gasteiger partial charge < -0.3 is 0 Å². The van der Waals surface area contributed by atoms with E-state index in [1.54, 1.807) is 0 Å². The molecule has 60 valence electrons. The van der Waals surface area contributed by atoms with Gasteiger partial charge in [-0.15, -0.1) is 0 Å². The molecular weight excluding hydrogens is 164 g/mol. The minimum Gasteiger partial charge on any atom is -0.288 e. The maximum absolute atomic E-state index is 10.4. The van der Waals surface area contributed by atoms with Gasteiger partial charge in [-0.1, -0.05) is 0 Å². The number of amides is 2. The highest BCUT2D eigenvalue weighted by atomic mass is 16.2. The van der Waals surface area contributed by atoms with Crippen molar-refractivity contribution >= 4 is 11.8 Å². The summed E-state index contributed by atoms with van der Waals surface area (Å²) in [5.74, 6) is -1.86. The summed E-state index contributed by atoms with van der Waals surface area (Å²) < 4.78 is 0. The largest absolute Gasteiger partial charge is 0.288 e. The van der Waals surface area contributed by atoms with Crippen LogP contribution in [0.25, 0.3) is 20.9 Å². The molecular formula is C4H2N6O2. The smallest absolute Gasteiger partial charge is 0.242 e. The molecule has 2 amide bonds. The lowest BCUT2D eigenvalue weighted by molar-refractivity contribution is -0.115. The summed E-state index contributed by atoms with van der Waals surface area (Å²) in [4.78, 5) is 25.1. The predicted molar refractivity (Wildman–Crippen MR) is 37.4 cm³/mol. The minimum atomic E-state index is -0.931. The van der Waals surface area contributed by atoms with Crippen molar-refractivity contribution in [1.82, 2.24) is 0 Å². The Balaban J connectivity index is 4.25. The highest BCUT2D eigenvalue weighted by Gasteiger charge is 1.92. The molecule has 0 aliphatic carbocycles. The van der Waals surface area contributed by atoms with Crippen LogP contribution in [0, 0.1) is 0 Å². The molecule has 0 atom stereocenters. The van der Waals surface area contributed by atoms with Crippen LogP contribution in [0.3, 0.4) is 0 Å². The van der Waals surface area contributed by atoms with Crippen LogP contribution in [0.4, 0.5) is 0 Å². The van der Waals surface area contributed by atoms with Gasteiger partial charge in [-0.3, -0.25) is 9.59 Å². The Bertz CT molecular complexity index is 286. The second-order valence-corrected chi connectivity index (χ2v) is 1.39. The molecule has 0 saturated heterocycles. The molecule has 12 heavy (non-hydrogen) atoms. The number of hydrogen-bond donors (Lipinski definition) is 0. The highest BCUT2D eigenvalue weighted by molar-refractivity contribution is 5.97. The van der Waals surface area contributed by atoms with Gasteiger partial charge in [-0.25, -0.2) is 0 Å². The SMILES string of the molecule is [N-]=[N+]=NC(=O)/C=C/C(=O)N=[N+]=[N-]. The summed E-state index contributed by atoms with van der Waals surface area (Å²) >= 11 is 0. The van der Waals surface area contributed by atoms with Crippen LogP contribution in [0.15, 0.2) is 22.4 Å². The van der Waals surface area contributed by atoms with E-state index in [0.717, 1.165) is 0 Å². The van der Waals surface area contributed by atoms with E-state index >= 15 is 0 Å². The van der Waals surface area contributed by atoms with Gasteiger partial charge in [0.25, 0.3) is 0 Å². The monoisotopic (exact) mass is 166 g/mol. The summed E-state index contributed by atoms with van der Waals surface area (Å²) in [6, 6.07) is 0. The Morgan fingerprint density at radius 3 is 1.58 bits per heavy atom. The molecule has 0 aromatic heterocycles. The van der Waals surface area contributed by atoms with Crippen molar-refractivity contribution in [2.75, 3.05) is 0 Å². The first-order chi connectivity index (χ1) is 5.70. The van der Waals surface area contributed by atoms with Gasteiger partial charge in [0.05, 0.1) is 0 Å². The number of carbonyl (C=O) groups excluding carboxylic acids is 2. The number of hydrogen-bond acceptors (Lipinski definition) is 2. The number of nitrogens with zero attached hydrogens (tertiary/aromatic N) is 6. The molecule has 0 rings (SSSR count). The van der Waals surface area contributed by atoms with Gasteiger partial charge in [-0.05, 0) is 33.4 Å². The quantitative estimate of drug-likeness (QED) is 0.264. The van der Waals surface area contributed by atoms with Gasteiger partial charge in [0.1, 0.15) is 0 Å². The standard InChI is InChI=1S/C4H2N6O2/c5-9-7-3(11)1-2-4(12)8-10-6/h1-2H/b2-1+. The van der Waals surface area contributed by atoms with E-state index in [-0.39, 0.29) is 0 Å². The topological polar surface area (TPSA) is 132 Å². The summed E-state index contributed by atoms with van der Waals surface area (Å²) in [5.41, 5.74) is 15.5. The predicted octanol–water partition coefficient (Wildman–Crippen LogP) is 1.22. The lowest BCUT2D eigenvalue weighted by Gasteiger charge is -1.76. The van der Waals surface area contributed by atoms with E-state index in [9.17, 15) is 9.59 Å². The average molecular weight is 166 g/mol. The molecule has 0 unspecified atom stereocenters. The highest BCUT2D eigenvalue weighted by Crippen LogP contribution is 1.83. The van der Waals surface area contributed by atoms with Crippen LogP contribution in [0.2, 0.25) is 0 Å². The van der Waals surface area contributed by atoms with E-state index in [2.05, 4.69) is 20.1 Å².